The maximum atomic E-state index is 12.3. The molecule has 2 aliphatic rings. The molecule has 1 aromatic rings. The highest BCUT2D eigenvalue weighted by molar-refractivity contribution is 6.74. The fourth-order valence-electron chi connectivity index (χ4n) is 3.50. The molecular formula is C19H30N2O5Si. The van der Waals surface area contributed by atoms with E-state index in [1.54, 1.807) is 0 Å². The van der Waals surface area contributed by atoms with E-state index >= 15 is 0 Å². The minimum Gasteiger partial charge on any atom is -0.408 e. The summed E-state index contributed by atoms with van der Waals surface area (Å²) in [5.74, 6) is -0.0271. The van der Waals surface area contributed by atoms with Crippen molar-refractivity contribution in [2.75, 3.05) is 6.61 Å². The molecule has 1 aromatic heterocycles. The molecule has 2 saturated heterocycles. The molecule has 2 unspecified atom stereocenters. The summed E-state index contributed by atoms with van der Waals surface area (Å²) in [7, 11) is -2.11. The van der Waals surface area contributed by atoms with Gasteiger partial charge in [0.15, 0.2) is 14.5 Å². The minimum atomic E-state index is -2.11. The quantitative estimate of drug-likeness (QED) is 0.613. The molecule has 3 heterocycles. The minimum absolute atomic E-state index is 0.0257. The molecule has 2 fully saturated rings. The number of rotatable bonds is 5. The van der Waals surface area contributed by atoms with Crippen molar-refractivity contribution in [3.8, 4) is 0 Å². The summed E-state index contributed by atoms with van der Waals surface area (Å²) in [5.41, 5.74) is -1.66. The SMILES string of the molecule is C=C[C@H](C)C12COC([C@H](n3ccc(=O)[nH]c3=O)O1)[C@@H]2O[Si](C)(C)C(C)(C)C. The number of hydrogen-bond acceptors (Lipinski definition) is 5. The second-order valence-corrected chi connectivity index (χ2v) is 13.8. The maximum Gasteiger partial charge on any atom is 0.330 e. The molecule has 2 bridgehead atoms. The number of nitrogens with zero attached hydrogens (tertiary/aromatic N) is 1. The van der Waals surface area contributed by atoms with E-state index < -0.39 is 37.5 Å². The second-order valence-electron chi connectivity index (χ2n) is 9.08. The highest BCUT2D eigenvalue weighted by Crippen LogP contribution is 2.52. The monoisotopic (exact) mass is 394 g/mol. The van der Waals surface area contributed by atoms with Crippen LogP contribution in [-0.2, 0) is 13.9 Å². The van der Waals surface area contributed by atoms with Gasteiger partial charge in [-0.3, -0.25) is 14.3 Å². The van der Waals surface area contributed by atoms with Crippen LogP contribution in [-0.4, -0.2) is 42.3 Å². The van der Waals surface area contributed by atoms with Crippen LogP contribution in [0.25, 0.3) is 0 Å². The molecule has 8 heteroatoms. The number of ether oxygens (including phenoxy) is 2. The van der Waals surface area contributed by atoms with Crippen molar-refractivity contribution in [2.45, 2.75) is 69.9 Å². The molecule has 2 aliphatic heterocycles. The third kappa shape index (κ3) is 3.18. The Labute approximate surface area is 160 Å². The number of hydrogen-bond donors (Lipinski definition) is 1. The van der Waals surface area contributed by atoms with E-state index in [1.165, 1.54) is 16.8 Å². The number of H-pyrrole nitrogens is 1. The second kappa shape index (κ2) is 6.54. The lowest BCUT2D eigenvalue weighted by Gasteiger charge is -2.42. The Morgan fingerprint density at radius 1 is 1.44 bits per heavy atom. The Balaban J connectivity index is 2.03. The number of aromatic nitrogens is 2. The van der Waals surface area contributed by atoms with E-state index in [0.29, 0.717) is 6.61 Å². The van der Waals surface area contributed by atoms with Crippen molar-refractivity contribution in [3.63, 3.8) is 0 Å². The summed E-state index contributed by atoms with van der Waals surface area (Å²) >= 11 is 0. The molecule has 150 valence electrons. The first-order valence-corrected chi connectivity index (χ1v) is 12.2. The first kappa shape index (κ1) is 20.3. The summed E-state index contributed by atoms with van der Waals surface area (Å²) in [6, 6.07) is 1.31. The molecule has 0 spiro atoms. The van der Waals surface area contributed by atoms with Crippen LogP contribution in [0.2, 0.25) is 18.1 Å². The lowest BCUT2D eigenvalue weighted by atomic mass is 9.86. The van der Waals surface area contributed by atoms with Gasteiger partial charge in [0.2, 0.25) is 0 Å². The fraction of sp³-hybridized carbons (Fsp3) is 0.684. The average molecular weight is 395 g/mol. The van der Waals surface area contributed by atoms with Crippen LogP contribution in [0.4, 0.5) is 0 Å². The van der Waals surface area contributed by atoms with E-state index in [4.69, 9.17) is 13.9 Å². The Morgan fingerprint density at radius 2 is 2.11 bits per heavy atom. The smallest absolute Gasteiger partial charge is 0.330 e. The predicted molar refractivity (Wildman–Crippen MR) is 105 cm³/mol. The van der Waals surface area contributed by atoms with E-state index in [-0.39, 0.29) is 17.1 Å². The molecule has 0 aliphatic carbocycles. The molecule has 27 heavy (non-hydrogen) atoms. The fourth-order valence-corrected chi connectivity index (χ4v) is 4.82. The first-order chi connectivity index (χ1) is 12.4. The zero-order valence-electron chi connectivity index (χ0n) is 16.9. The summed E-state index contributed by atoms with van der Waals surface area (Å²) in [6.07, 6.45) is 1.90. The van der Waals surface area contributed by atoms with Crippen molar-refractivity contribution >= 4 is 8.32 Å². The molecule has 1 N–H and O–H groups in total. The van der Waals surface area contributed by atoms with Gasteiger partial charge in [0.05, 0.1) is 6.61 Å². The van der Waals surface area contributed by atoms with Gasteiger partial charge < -0.3 is 13.9 Å². The number of fused-ring (bicyclic) bond motifs is 2. The average Bonchev–Trinajstić information content (AvgIpc) is 3.05. The normalized spacial score (nSPS) is 31.9. The summed E-state index contributed by atoms with van der Waals surface area (Å²) in [4.78, 5) is 26.0. The summed E-state index contributed by atoms with van der Waals surface area (Å²) < 4.78 is 20.6. The van der Waals surface area contributed by atoms with Gasteiger partial charge in [-0.2, -0.15) is 0 Å². The lowest BCUT2D eigenvalue weighted by Crippen LogP contribution is -2.53. The van der Waals surface area contributed by atoms with Crippen LogP contribution in [0, 0.1) is 5.92 Å². The Morgan fingerprint density at radius 3 is 2.67 bits per heavy atom. The molecular weight excluding hydrogens is 364 g/mol. The summed E-state index contributed by atoms with van der Waals surface area (Å²) in [6.45, 7) is 17.3. The van der Waals surface area contributed by atoms with E-state index in [2.05, 4.69) is 45.4 Å². The lowest BCUT2D eigenvalue weighted by molar-refractivity contribution is -0.186. The topological polar surface area (TPSA) is 82.6 Å². The van der Waals surface area contributed by atoms with Crippen LogP contribution < -0.4 is 11.2 Å². The van der Waals surface area contributed by atoms with Crippen LogP contribution >= 0.6 is 0 Å². The van der Waals surface area contributed by atoms with Gasteiger partial charge in [0.1, 0.15) is 17.8 Å². The van der Waals surface area contributed by atoms with Crippen LogP contribution in [0.15, 0.2) is 34.5 Å². The number of nitrogens with one attached hydrogen (secondary N) is 1. The van der Waals surface area contributed by atoms with Crippen LogP contribution in [0.1, 0.15) is 33.9 Å². The van der Waals surface area contributed by atoms with Crippen molar-refractivity contribution in [2.24, 2.45) is 5.92 Å². The predicted octanol–water partition coefficient (Wildman–Crippen LogP) is 2.42. The van der Waals surface area contributed by atoms with Gasteiger partial charge in [-0.15, -0.1) is 6.58 Å². The summed E-state index contributed by atoms with van der Waals surface area (Å²) in [5, 5.41) is 0.0257. The van der Waals surface area contributed by atoms with Crippen molar-refractivity contribution < 1.29 is 13.9 Å². The third-order valence-electron chi connectivity index (χ3n) is 6.38. The molecule has 0 radical (unpaired) electrons. The van der Waals surface area contributed by atoms with Gasteiger partial charge >= 0.3 is 5.69 Å². The van der Waals surface area contributed by atoms with E-state index in [0.717, 1.165) is 0 Å². The molecule has 3 rings (SSSR count). The Bertz CT molecular complexity index is 839. The Hall–Kier alpha value is -1.48. The molecule has 0 saturated carbocycles. The molecule has 0 amide bonds. The zero-order chi connectivity index (χ0) is 20.2. The maximum absolute atomic E-state index is 12.3. The molecule has 7 nitrogen and oxygen atoms in total. The van der Waals surface area contributed by atoms with Gasteiger partial charge in [-0.05, 0) is 18.1 Å². The van der Waals surface area contributed by atoms with E-state index in [9.17, 15) is 9.59 Å². The Kier molecular flexibility index (Phi) is 4.91. The number of aromatic amines is 1. The largest absolute Gasteiger partial charge is 0.408 e. The third-order valence-corrected chi connectivity index (χ3v) is 10.8. The molecule has 5 atom stereocenters. The molecule has 0 aromatic carbocycles. The first-order valence-electron chi connectivity index (χ1n) is 9.34. The van der Waals surface area contributed by atoms with Gasteiger partial charge in [0, 0.05) is 18.2 Å². The van der Waals surface area contributed by atoms with Crippen LogP contribution in [0.3, 0.4) is 0 Å². The highest BCUT2D eigenvalue weighted by atomic mass is 28.4. The van der Waals surface area contributed by atoms with Crippen molar-refractivity contribution in [3.05, 3.63) is 45.8 Å². The van der Waals surface area contributed by atoms with Gasteiger partial charge in [-0.1, -0.05) is 33.8 Å². The van der Waals surface area contributed by atoms with Crippen molar-refractivity contribution in [1.82, 2.24) is 9.55 Å². The van der Waals surface area contributed by atoms with Gasteiger partial charge in [0.25, 0.3) is 5.56 Å². The van der Waals surface area contributed by atoms with Gasteiger partial charge in [-0.25, -0.2) is 4.79 Å². The van der Waals surface area contributed by atoms with E-state index in [1.807, 2.05) is 13.0 Å². The van der Waals surface area contributed by atoms with Crippen molar-refractivity contribution in [1.29, 1.82) is 0 Å². The highest BCUT2D eigenvalue weighted by Gasteiger charge is 2.66. The van der Waals surface area contributed by atoms with Crippen LogP contribution in [0.5, 0.6) is 0 Å². The zero-order valence-corrected chi connectivity index (χ0v) is 17.9. The standard InChI is InChI=1S/C19H30N2O5Si/c1-8-12(2)19-11-24-14(15(19)26-27(6,7)18(3,4)5)16(25-19)21-10-9-13(22)20-17(21)23/h8-10,12,14-16H,1,11H2,2-7H3,(H,20,22,23)/t12-,14?,15-,16+,19?/m0/s1.